The predicted molar refractivity (Wildman–Crippen MR) is 139 cm³/mol. The van der Waals surface area contributed by atoms with E-state index in [0.29, 0.717) is 32.8 Å². The van der Waals surface area contributed by atoms with Crippen molar-refractivity contribution in [1.82, 2.24) is 4.98 Å². The minimum atomic E-state index is -1.37. The predicted octanol–water partition coefficient (Wildman–Crippen LogP) is 6.44. The number of hydrogen-bond donors (Lipinski definition) is 3. The van der Waals surface area contributed by atoms with Gasteiger partial charge in [-0.15, -0.1) is 0 Å². The number of nitrogen functional groups attached to an aromatic ring is 1. The van der Waals surface area contributed by atoms with Crippen LogP contribution < -0.4 is 16.4 Å². The highest BCUT2D eigenvalue weighted by Crippen LogP contribution is 2.73. The van der Waals surface area contributed by atoms with Gasteiger partial charge in [0.15, 0.2) is 0 Å². The zero-order chi connectivity index (χ0) is 24.7. The Morgan fingerprint density at radius 1 is 1.06 bits per heavy atom. The summed E-state index contributed by atoms with van der Waals surface area (Å²) in [6, 6.07) is 12.9. The lowest BCUT2D eigenvalue weighted by molar-refractivity contribution is -0.112. The number of anilines is 3. The van der Waals surface area contributed by atoms with Gasteiger partial charge in [-0.3, -0.25) is 4.79 Å². The molecule has 1 fully saturated rings. The number of aromatic nitrogens is 1. The average molecular weight is 559 g/mol. The van der Waals surface area contributed by atoms with Gasteiger partial charge < -0.3 is 21.2 Å². The van der Waals surface area contributed by atoms with Gasteiger partial charge >= 0.3 is 0 Å². The van der Waals surface area contributed by atoms with Crippen LogP contribution in [0.3, 0.4) is 0 Å². The van der Waals surface area contributed by atoms with Crippen LogP contribution in [0.15, 0.2) is 54.7 Å². The molecule has 2 atom stereocenters. The van der Waals surface area contributed by atoms with E-state index >= 15 is 0 Å². The first-order valence-corrected chi connectivity index (χ1v) is 11.8. The van der Waals surface area contributed by atoms with E-state index in [1.54, 1.807) is 48.5 Å². The number of pyridine rings is 1. The Kier molecular flexibility index (Phi) is 6.91. The second-order valence-electron chi connectivity index (χ2n) is 7.90. The fourth-order valence-electron chi connectivity index (χ4n) is 3.85. The smallest absolute Gasteiger partial charge is 0.258 e. The van der Waals surface area contributed by atoms with Crippen molar-refractivity contribution in [1.29, 1.82) is 0 Å². The summed E-state index contributed by atoms with van der Waals surface area (Å²) in [5.41, 5.74) is 6.36. The van der Waals surface area contributed by atoms with Crippen LogP contribution >= 0.6 is 58.0 Å². The van der Waals surface area contributed by atoms with E-state index in [0.717, 1.165) is 6.29 Å². The maximum absolute atomic E-state index is 12.7. The van der Waals surface area contributed by atoms with Crippen molar-refractivity contribution >= 4 is 87.4 Å². The van der Waals surface area contributed by atoms with E-state index < -0.39 is 21.6 Å². The van der Waals surface area contributed by atoms with E-state index in [1.165, 1.54) is 6.20 Å². The first-order valence-electron chi connectivity index (χ1n) is 9.94. The van der Waals surface area contributed by atoms with Gasteiger partial charge in [-0.1, -0.05) is 58.0 Å². The van der Waals surface area contributed by atoms with Gasteiger partial charge in [0, 0.05) is 28.2 Å². The standard InChI is InChI=1S/C23H17Cl5N4O2/c24-13-5-12(6-14(25)7-13)20-22(11-33,23(20,27)28)10-31-16-2-3-18(26)17(8-16)21(34)32-19-4-1-15(29)9-30-19/h1-9,11,20,31H,10,29H2,(H,30,32,34). The van der Waals surface area contributed by atoms with Crippen LogP contribution in [0, 0.1) is 5.41 Å². The molecule has 6 nitrogen and oxygen atoms in total. The van der Waals surface area contributed by atoms with Gasteiger partial charge in [0.25, 0.3) is 5.91 Å². The Labute approximate surface area is 220 Å². The van der Waals surface area contributed by atoms with Gasteiger partial charge in [-0.2, -0.15) is 0 Å². The minimum absolute atomic E-state index is 0.0977. The van der Waals surface area contributed by atoms with E-state index in [1.807, 2.05) is 0 Å². The first kappa shape index (κ1) is 24.9. The summed E-state index contributed by atoms with van der Waals surface area (Å²) in [4.78, 5) is 28.9. The summed E-state index contributed by atoms with van der Waals surface area (Å²) in [5, 5.41) is 6.87. The SMILES string of the molecule is Nc1ccc(NC(=O)c2cc(NCC3(C=O)C(c4cc(Cl)cc(Cl)c4)C3(Cl)Cl)ccc2Cl)nc1. The maximum atomic E-state index is 12.7. The van der Waals surface area contributed by atoms with Crippen LogP contribution in [0.5, 0.6) is 0 Å². The molecule has 0 aliphatic heterocycles. The summed E-state index contributed by atoms with van der Waals surface area (Å²) in [6.45, 7) is 0.0977. The average Bonchev–Trinajstić information content (AvgIpc) is 3.28. The normalized spacial score (nSPS) is 20.4. The molecule has 1 aliphatic carbocycles. The molecule has 1 aliphatic rings. The monoisotopic (exact) mass is 556 g/mol. The number of aldehydes is 1. The molecule has 4 rings (SSSR count). The molecule has 0 radical (unpaired) electrons. The van der Waals surface area contributed by atoms with Crippen molar-refractivity contribution < 1.29 is 9.59 Å². The number of nitrogens with one attached hydrogen (secondary N) is 2. The summed E-state index contributed by atoms with van der Waals surface area (Å²) in [6.07, 6.45) is 2.16. The van der Waals surface area contributed by atoms with Gasteiger partial charge in [0.2, 0.25) is 0 Å². The number of amides is 1. The van der Waals surface area contributed by atoms with Crippen LogP contribution in [-0.2, 0) is 4.79 Å². The Balaban J connectivity index is 1.53. The number of hydrogen-bond acceptors (Lipinski definition) is 5. The van der Waals surface area contributed by atoms with Crippen molar-refractivity contribution in [2.24, 2.45) is 5.41 Å². The Morgan fingerprint density at radius 2 is 1.76 bits per heavy atom. The Bertz CT molecular complexity index is 1250. The topological polar surface area (TPSA) is 97.1 Å². The van der Waals surface area contributed by atoms with Crippen LogP contribution in [0.2, 0.25) is 15.1 Å². The number of nitrogens with two attached hydrogens (primary N) is 1. The van der Waals surface area contributed by atoms with Crippen molar-refractivity contribution in [2.45, 2.75) is 10.3 Å². The summed E-state index contributed by atoms with van der Waals surface area (Å²) < 4.78 is -1.37. The largest absolute Gasteiger partial charge is 0.397 e. The van der Waals surface area contributed by atoms with Gasteiger partial charge in [0.1, 0.15) is 16.4 Å². The molecule has 0 bridgehead atoms. The zero-order valence-corrected chi connectivity index (χ0v) is 21.1. The maximum Gasteiger partial charge on any atom is 0.258 e. The molecule has 1 heterocycles. The third-order valence-corrected chi connectivity index (χ3v) is 7.57. The highest BCUT2D eigenvalue weighted by Gasteiger charge is 2.76. The molecule has 11 heteroatoms. The lowest BCUT2D eigenvalue weighted by atomic mass is 10.00. The highest BCUT2D eigenvalue weighted by atomic mass is 35.5. The number of carbonyl (C=O) groups is 2. The van der Waals surface area contributed by atoms with Gasteiger partial charge in [0.05, 0.1) is 27.9 Å². The second-order valence-corrected chi connectivity index (χ2v) is 10.6. The second kappa shape index (κ2) is 9.44. The number of halogens is 5. The van der Waals surface area contributed by atoms with Gasteiger partial charge in [-0.25, -0.2) is 4.98 Å². The molecule has 1 saturated carbocycles. The van der Waals surface area contributed by atoms with Crippen molar-refractivity contribution in [3.63, 3.8) is 0 Å². The molecule has 2 aromatic carbocycles. The number of rotatable bonds is 7. The third kappa shape index (κ3) is 4.66. The molecular weight excluding hydrogens is 542 g/mol. The summed E-state index contributed by atoms with van der Waals surface area (Å²) in [7, 11) is 0. The lowest BCUT2D eigenvalue weighted by Gasteiger charge is -2.15. The number of nitrogens with zero attached hydrogens (tertiary/aromatic N) is 1. The fourth-order valence-corrected chi connectivity index (χ4v) is 5.57. The molecule has 1 aromatic heterocycles. The summed E-state index contributed by atoms with van der Waals surface area (Å²) >= 11 is 31.6. The Morgan fingerprint density at radius 3 is 2.38 bits per heavy atom. The molecule has 0 spiro atoms. The van der Waals surface area contributed by atoms with Crippen LogP contribution in [0.25, 0.3) is 0 Å². The first-order chi connectivity index (χ1) is 16.1. The van der Waals surface area contributed by atoms with Crippen LogP contribution in [0.1, 0.15) is 21.8 Å². The molecule has 1 amide bonds. The van der Waals surface area contributed by atoms with E-state index in [-0.39, 0.29) is 17.1 Å². The minimum Gasteiger partial charge on any atom is -0.397 e. The molecule has 2 unspecified atom stereocenters. The van der Waals surface area contributed by atoms with Crippen LogP contribution in [0.4, 0.5) is 17.2 Å². The fraction of sp³-hybridized carbons (Fsp3) is 0.174. The van der Waals surface area contributed by atoms with E-state index in [9.17, 15) is 9.59 Å². The lowest BCUT2D eigenvalue weighted by Crippen LogP contribution is -2.23. The molecule has 4 N–H and O–H groups in total. The number of alkyl halides is 2. The van der Waals surface area contributed by atoms with Crippen LogP contribution in [-0.4, -0.2) is 28.1 Å². The molecule has 3 aromatic rings. The number of benzene rings is 2. The van der Waals surface area contributed by atoms with Crippen molar-refractivity contribution in [3.8, 4) is 0 Å². The molecule has 176 valence electrons. The number of carbonyl (C=O) groups excluding carboxylic acids is 2. The van der Waals surface area contributed by atoms with Crippen molar-refractivity contribution in [3.05, 3.63) is 80.9 Å². The zero-order valence-electron chi connectivity index (χ0n) is 17.3. The molecule has 34 heavy (non-hydrogen) atoms. The summed E-state index contributed by atoms with van der Waals surface area (Å²) in [5.74, 6) is -0.669. The van der Waals surface area contributed by atoms with E-state index in [4.69, 9.17) is 63.7 Å². The third-order valence-electron chi connectivity index (χ3n) is 5.67. The Hall–Kier alpha value is -2.22. The molecular formula is C23H17Cl5N4O2. The van der Waals surface area contributed by atoms with Gasteiger partial charge in [-0.05, 0) is 54.1 Å². The quantitative estimate of drug-likeness (QED) is 0.229. The molecule has 0 saturated heterocycles. The van der Waals surface area contributed by atoms with E-state index in [2.05, 4.69) is 15.6 Å². The van der Waals surface area contributed by atoms with Crippen molar-refractivity contribution in [2.75, 3.05) is 22.9 Å². The highest BCUT2D eigenvalue weighted by molar-refractivity contribution is 6.54.